The first-order valence-electron chi connectivity index (χ1n) is 4.95. The van der Waals surface area contributed by atoms with E-state index in [4.69, 9.17) is 0 Å². The molecule has 0 amide bonds. The molecule has 0 saturated carbocycles. The summed E-state index contributed by atoms with van der Waals surface area (Å²) in [6.07, 6.45) is 4.11. The number of unbranched alkanes of at least 4 members (excludes halogenated alkanes) is 1. The van der Waals surface area contributed by atoms with Crippen LogP contribution in [0.5, 0.6) is 0 Å². The van der Waals surface area contributed by atoms with Crippen LogP contribution < -0.4 is 0 Å². The average Bonchev–Trinajstić information content (AvgIpc) is 2.29. The number of thiocarbonyl (C=S) groups is 1. The third-order valence-corrected chi connectivity index (χ3v) is 3.06. The molecule has 0 aliphatic rings. The van der Waals surface area contributed by atoms with Crippen LogP contribution in [0.3, 0.4) is 0 Å². The Balaban J connectivity index is 2.00. The van der Waals surface area contributed by atoms with Crippen LogP contribution >= 0.6 is 24.0 Å². The summed E-state index contributed by atoms with van der Waals surface area (Å²) in [6, 6.07) is 6.03. The third kappa shape index (κ3) is 6.39. The van der Waals surface area contributed by atoms with Crippen LogP contribution in [-0.4, -0.2) is 22.4 Å². The van der Waals surface area contributed by atoms with Gasteiger partial charge < -0.3 is 0 Å². The Morgan fingerprint density at radius 3 is 3.07 bits per heavy atom. The number of nitrogens with zero attached hydrogens (tertiary/aromatic N) is 2. The molecule has 4 heteroatoms. The number of hydrogen-bond donors (Lipinski definition) is 0. The molecule has 0 atom stereocenters. The summed E-state index contributed by atoms with van der Waals surface area (Å²) in [5.74, 6) is 2.15. The standard InChI is InChI=1S/C11H14N2S2/c14-10-12-6-3-4-8-15-9-11-5-1-2-7-13-11/h1-2,5,7H,3-4,6,8-9H2. The molecule has 1 aromatic heterocycles. The van der Waals surface area contributed by atoms with Gasteiger partial charge >= 0.3 is 0 Å². The molecule has 0 aromatic carbocycles. The van der Waals surface area contributed by atoms with Crippen molar-refractivity contribution in [2.24, 2.45) is 4.99 Å². The van der Waals surface area contributed by atoms with E-state index in [1.165, 1.54) is 6.42 Å². The van der Waals surface area contributed by atoms with Gasteiger partial charge in [-0.3, -0.25) is 4.98 Å². The third-order valence-electron chi connectivity index (χ3n) is 1.85. The number of aromatic nitrogens is 1. The molecule has 1 rings (SSSR count). The second kappa shape index (κ2) is 8.60. The molecule has 1 heterocycles. The van der Waals surface area contributed by atoms with Crippen LogP contribution in [0.4, 0.5) is 0 Å². The fraction of sp³-hybridized carbons (Fsp3) is 0.455. The highest BCUT2D eigenvalue weighted by molar-refractivity contribution is 7.98. The number of aliphatic imine (C=N–C) groups is 1. The quantitative estimate of drug-likeness (QED) is 0.414. The molecule has 2 nitrogen and oxygen atoms in total. The molecule has 0 saturated heterocycles. The number of isothiocyanates is 1. The molecular formula is C11H14N2S2. The van der Waals surface area contributed by atoms with Gasteiger partial charge in [0, 0.05) is 18.5 Å². The molecular weight excluding hydrogens is 224 g/mol. The number of hydrogen-bond acceptors (Lipinski definition) is 4. The monoisotopic (exact) mass is 238 g/mol. The van der Waals surface area contributed by atoms with Crippen molar-refractivity contribution in [3.63, 3.8) is 0 Å². The molecule has 80 valence electrons. The van der Waals surface area contributed by atoms with Crippen LogP contribution in [0.25, 0.3) is 0 Å². The van der Waals surface area contributed by atoms with E-state index >= 15 is 0 Å². The van der Waals surface area contributed by atoms with Gasteiger partial charge in [-0.2, -0.15) is 11.8 Å². The van der Waals surface area contributed by atoms with Crippen LogP contribution in [0.2, 0.25) is 0 Å². The summed E-state index contributed by atoms with van der Waals surface area (Å²) in [7, 11) is 0. The highest BCUT2D eigenvalue weighted by Crippen LogP contribution is 2.11. The zero-order chi connectivity index (χ0) is 10.8. The summed E-state index contributed by atoms with van der Waals surface area (Å²) in [4.78, 5) is 8.13. The summed E-state index contributed by atoms with van der Waals surface area (Å²) in [5.41, 5.74) is 1.15. The number of rotatable bonds is 7. The normalized spacial score (nSPS) is 9.60. The van der Waals surface area contributed by atoms with Crippen molar-refractivity contribution >= 4 is 29.1 Å². The Hall–Kier alpha value is -0.700. The van der Waals surface area contributed by atoms with Gasteiger partial charge in [0.1, 0.15) is 0 Å². The fourth-order valence-corrected chi connectivity index (χ4v) is 2.12. The molecule has 0 bridgehead atoms. The van der Waals surface area contributed by atoms with Crippen LogP contribution in [0.15, 0.2) is 29.4 Å². The maximum absolute atomic E-state index is 4.49. The van der Waals surface area contributed by atoms with E-state index in [1.807, 2.05) is 30.1 Å². The molecule has 0 aliphatic carbocycles. The molecule has 0 N–H and O–H groups in total. The average molecular weight is 238 g/mol. The maximum Gasteiger partial charge on any atom is 0.0584 e. The van der Waals surface area contributed by atoms with Crippen molar-refractivity contribution in [2.75, 3.05) is 12.3 Å². The number of pyridine rings is 1. The molecule has 15 heavy (non-hydrogen) atoms. The Morgan fingerprint density at radius 1 is 1.40 bits per heavy atom. The SMILES string of the molecule is S=C=NCCCCSCc1ccccn1. The van der Waals surface area contributed by atoms with Gasteiger partial charge in [-0.05, 0) is 42.9 Å². The van der Waals surface area contributed by atoms with Gasteiger partial charge in [0.2, 0.25) is 0 Å². The second-order valence-electron chi connectivity index (χ2n) is 3.05. The Labute approximate surface area is 100 Å². The molecule has 0 spiro atoms. The van der Waals surface area contributed by atoms with Crippen LogP contribution in [-0.2, 0) is 5.75 Å². The fourth-order valence-electron chi connectivity index (χ4n) is 1.10. The molecule has 0 unspecified atom stereocenters. The van der Waals surface area contributed by atoms with Crippen molar-refractivity contribution in [1.82, 2.24) is 4.98 Å². The summed E-state index contributed by atoms with van der Waals surface area (Å²) in [5, 5.41) is 2.38. The Morgan fingerprint density at radius 2 is 2.33 bits per heavy atom. The minimum atomic E-state index is 0.813. The summed E-state index contributed by atoms with van der Waals surface area (Å²) in [6.45, 7) is 0.813. The highest BCUT2D eigenvalue weighted by Gasteiger charge is 1.93. The van der Waals surface area contributed by atoms with Crippen molar-refractivity contribution in [2.45, 2.75) is 18.6 Å². The van der Waals surface area contributed by atoms with E-state index in [9.17, 15) is 0 Å². The van der Waals surface area contributed by atoms with Gasteiger partial charge in [-0.15, -0.1) is 0 Å². The topological polar surface area (TPSA) is 25.2 Å². The lowest BCUT2D eigenvalue weighted by molar-refractivity contribution is 0.819. The largest absolute Gasteiger partial charge is 0.260 e. The first kappa shape index (κ1) is 12.4. The van der Waals surface area contributed by atoms with Gasteiger partial charge in [0.25, 0.3) is 0 Å². The molecule has 0 fully saturated rings. The first-order valence-corrected chi connectivity index (χ1v) is 6.51. The van der Waals surface area contributed by atoms with E-state index < -0.39 is 0 Å². The minimum absolute atomic E-state index is 0.813. The zero-order valence-electron chi connectivity index (χ0n) is 8.56. The highest BCUT2D eigenvalue weighted by atomic mass is 32.2. The van der Waals surface area contributed by atoms with Crippen molar-refractivity contribution < 1.29 is 0 Å². The predicted molar refractivity (Wildman–Crippen MR) is 69.5 cm³/mol. The Kier molecular flexibility index (Phi) is 7.09. The number of thioether (sulfide) groups is 1. The summed E-state index contributed by atoms with van der Waals surface area (Å²) < 4.78 is 0. The molecule has 1 aromatic rings. The smallest absolute Gasteiger partial charge is 0.0584 e. The van der Waals surface area contributed by atoms with Crippen LogP contribution in [0, 0.1) is 0 Å². The first-order chi connectivity index (χ1) is 7.43. The van der Waals surface area contributed by atoms with E-state index in [0.717, 1.165) is 30.2 Å². The molecule has 0 aliphatic heterocycles. The lowest BCUT2D eigenvalue weighted by Gasteiger charge is -1.99. The van der Waals surface area contributed by atoms with Crippen molar-refractivity contribution in [1.29, 1.82) is 0 Å². The van der Waals surface area contributed by atoms with Gasteiger partial charge in [0.15, 0.2) is 0 Å². The van der Waals surface area contributed by atoms with Crippen molar-refractivity contribution in [3.8, 4) is 0 Å². The lowest BCUT2D eigenvalue weighted by atomic mass is 10.3. The lowest BCUT2D eigenvalue weighted by Crippen LogP contribution is -1.88. The predicted octanol–water partition coefficient (Wildman–Crippen LogP) is 3.20. The second-order valence-corrected chi connectivity index (χ2v) is 4.34. The van der Waals surface area contributed by atoms with E-state index in [0.29, 0.717) is 0 Å². The Bertz CT molecular complexity index is 308. The van der Waals surface area contributed by atoms with E-state index in [-0.39, 0.29) is 0 Å². The summed E-state index contributed by atoms with van der Waals surface area (Å²) >= 11 is 6.40. The van der Waals surface area contributed by atoms with Crippen LogP contribution in [0.1, 0.15) is 18.5 Å². The van der Waals surface area contributed by atoms with E-state index in [2.05, 4.69) is 33.4 Å². The minimum Gasteiger partial charge on any atom is -0.260 e. The molecule has 0 radical (unpaired) electrons. The maximum atomic E-state index is 4.49. The van der Waals surface area contributed by atoms with Gasteiger partial charge in [0.05, 0.1) is 10.9 Å². The van der Waals surface area contributed by atoms with Crippen molar-refractivity contribution in [3.05, 3.63) is 30.1 Å². The van der Waals surface area contributed by atoms with E-state index in [1.54, 1.807) is 0 Å². The zero-order valence-corrected chi connectivity index (χ0v) is 10.2. The van der Waals surface area contributed by atoms with Gasteiger partial charge in [-0.25, -0.2) is 4.99 Å². The van der Waals surface area contributed by atoms with Gasteiger partial charge in [-0.1, -0.05) is 6.07 Å².